The van der Waals surface area contributed by atoms with Crippen molar-refractivity contribution < 1.29 is 4.92 Å². The maximum Gasteiger partial charge on any atom is 0.293 e. The molecule has 106 valence electrons. The van der Waals surface area contributed by atoms with Crippen LogP contribution < -0.4 is 0 Å². The van der Waals surface area contributed by atoms with Crippen molar-refractivity contribution in [1.29, 1.82) is 0 Å². The van der Waals surface area contributed by atoms with E-state index in [0.717, 1.165) is 5.39 Å². The highest BCUT2D eigenvalue weighted by Gasteiger charge is 2.15. The van der Waals surface area contributed by atoms with Crippen molar-refractivity contribution in [3.05, 3.63) is 75.5 Å². The Morgan fingerprint density at radius 2 is 1.95 bits per heavy atom. The topological polar surface area (TPSA) is 48.1 Å². The molecule has 1 aromatic heterocycles. The number of nitro groups is 1. The summed E-state index contributed by atoms with van der Waals surface area (Å²) in [5, 5.41) is 12.1. The summed E-state index contributed by atoms with van der Waals surface area (Å²) in [5.74, 6) is 0. The zero-order chi connectivity index (χ0) is 15.0. The highest BCUT2D eigenvalue weighted by Crippen LogP contribution is 2.27. The molecule has 0 unspecified atom stereocenters. The van der Waals surface area contributed by atoms with E-state index in [0.29, 0.717) is 12.1 Å². The van der Waals surface area contributed by atoms with Crippen LogP contribution in [-0.2, 0) is 6.54 Å². The van der Waals surface area contributed by atoms with Crippen LogP contribution >= 0.6 is 0 Å². The van der Waals surface area contributed by atoms with Gasteiger partial charge in [0, 0.05) is 24.2 Å². The Bertz CT molecular complexity index is 834. The van der Waals surface area contributed by atoms with Gasteiger partial charge in [-0.25, -0.2) is 0 Å². The van der Waals surface area contributed by atoms with E-state index < -0.39 is 0 Å². The molecule has 4 nitrogen and oxygen atoms in total. The zero-order valence-electron chi connectivity index (χ0n) is 12.0. The second-order valence-corrected chi connectivity index (χ2v) is 5.35. The average Bonchev–Trinajstić information content (AvgIpc) is 2.86. The van der Waals surface area contributed by atoms with E-state index in [1.807, 2.05) is 22.9 Å². The van der Waals surface area contributed by atoms with E-state index in [2.05, 4.69) is 32.0 Å². The number of nitrogens with zero attached hydrogens (tertiary/aromatic N) is 2. The summed E-state index contributed by atoms with van der Waals surface area (Å²) in [6.07, 6.45) is 1.92. The van der Waals surface area contributed by atoms with Crippen molar-refractivity contribution in [2.24, 2.45) is 0 Å². The third-order valence-electron chi connectivity index (χ3n) is 3.81. The number of nitro benzene ring substituents is 1. The van der Waals surface area contributed by atoms with Crippen molar-refractivity contribution in [2.45, 2.75) is 20.4 Å². The predicted octanol–water partition coefficient (Wildman–Crippen LogP) is 4.21. The van der Waals surface area contributed by atoms with E-state index in [-0.39, 0.29) is 10.6 Å². The summed E-state index contributed by atoms with van der Waals surface area (Å²) in [4.78, 5) is 10.9. The number of benzene rings is 2. The van der Waals surface area contributed by atoms with Crippen LogP contribution in [-0.4, -0.2) is 9.49 Å². The molecule has 1 heterocycles. The second-order valence-electron chi connectivity index (χ2n) is 5.35. The number of aryl methyl sites for hydroxylation is 2. The number of non-ortho nitro benzene ring substituents is 1. The average molecular weight is 280 g/mol. The number of rotatable bonds is 3. The lowest BCUT2D eigenvalue weighted by Crippen LogP contribution is -2.02. The molecular formula is C17H16N2O2. The van der Waals surface area contributed by atoms with Crippen molar-refractivity contribution in [3.8, 4) is 0 Å². The molecule has 2 aromatic carbocycles. The van der Waals surface area contributed by atoms with Gasteiger partial charge in [-0.3, -0.25) is 10.1 Å². The van der Waals surface area contributed by atoms with Crippen LogP contribution in [0.1, 0.15) is 16.7 Å². The van der Waals surface area contributed by atoms with Gasteiger partial charge in [0.2, 0.25) is 0 Å². The van der Waals surface area contributed by atoms with Crippen molar-refractivity contribution in [3.63, 3.8) is 0 Å². The van der Waals surface area contributed by atoms with Crippen LogP contribution in [0.2, 0.25) is 0 Å². The zero-order valence-corrected chi connectivity index (χ0v) is 12.0. The van der Waals surface area contributed by atoms with E-state index in [1.54, 1.807) is 12.1 Å². The molecule has 3 aromatic rings. The fraction of sp³-hybridized carbons (Fsp3) is 0.176. The van der Waals surface area contributed by atoms with E-state index in [4.69, 9.17) is 0 Å². The van der Waals surface area contributed by atoms with Crippen LogP contribution in [0, 0.1) is 24.0 Å². The van der Waals surface area contributed by atoms with Gasteiger partial charge in [-0.2, -0.15) is 0 Å². The Labute approximate surface area is 122 Å². The summed E-state index contributed by atoms with van der Waals surface area (Å²) in [7, 11) is 0. The lowest BCUT2D eigenvalue weighted by Gasteiger charge is -2.10. The lowest BCUT2D eigenvalue weighted by atomic mass is 10.1. The molecule has 0 aliphatic heterocycles. The molecule has 0 fully saturated rings. The van der Waals surface area contributed by atoms with Gasteiger partial charge in [0.25, 0.3) is 5.69 Å². The third kappa shape index (κ3) is 2.40. The Hall–Kier alpha value is -2.62. The predicted molar refractivity (Wildman–Crippen MR) is 83.6 cm³/mol. The second kappa shape index (κ2) is 5.05. The highest BCUT2D eigenvalue weighted by molar-refractivity contribution is 5.88. The Morgan fingerprint density at radius 3 is 2.71 bits per heavy atom. The molecule has 0 spiro atoms. The Kier molecular flexibility index (Phi) is 3.22. The van der Waals surface area contributed by atoms with Crippen LogP contribution in [0.3, 0.4) is 0 Å². The molecule has 21 heavy (non-hydrogen) atoms. The van der Waals surface area contributed by atoms with Crippen LogP contribution in [0.5, 0.6) is 0 Å². The fourth-order valence-corrected chi connectivity index (χ4v) is 2.67. The van der Waals surface area contributed by atoms with Gasteiger partial charge in [0.1, 0.15) is 5.52 Å². The molecular weight excluding hydrogens is 264 g/mol. The normalized spacial score (nSPS) is 11.0. The smallest absolute Gasteiger partial charge is 0.293 e. The first-order chi connectivity index (χ1) is 10.1. The Morgan fingerprint density at radius 1 is 1.14 bits per heavy atom. The monoisotopic (exact) mass is 280 g/mol. The summed E-state index contributed by atoms with van der Waals surface area (Å²) < 4.78 is 1.95. The molecule has 0 radical (unpaired) electrons. The van der Waals surface area contributed by atoms with Crippen molar-refractivity contribution >= 4 is 16.6 Å². The number of aromatic nitrogens is 1. The SMILES string of the molecule is Cc1ccc(C)c(Cn2ccc3cccc([N+](=O)[O-])c32)c1. The van der Waals surface area contributed by atoms with Gasteiger partial charge in [-0.15, -0.1) is 0 Å². The molecule has 0 aliphatic rings. The standard InChI is InChI=1S/C17H16N2O2/c1-12-6-7-13(2)15(10-12)11-18-9-8-14-4-3-5-16(17(14)18)19(20)21/h3-10H,11H2,1-2H3. The summed E-state index contributed by atoms with van der Waals surface area (Å²) in [6.45, 7) is 4.76. The first-order valence-electron chi connectivity index (χ1n) is 6.84. The highest BCUT2D eigenvalue weighted by atomic mass is 16.6. The molecule has 3 rings (SSSR count). The lowest BCUT2D eigenvalue weighted by molar-refractivity contribution is -0.383. The number of hydrogen-bond donors (Lipinski definition) is 0. The van der Waals surface area contributed by atoms with Crippen LogP contribution in [0.25, 0.3) is 10.9 Å². The number of fused-ring (bicyclic) bond motifs is 1. The molecule has 0 saturated carbocycles. The van der Waals surface area contributed by atoms with Gasteiger partial charge in [-0.1, -0.05) is 35.9 Å². The summed E-state index contributed by atoms with van der Waals surface area (Å²) in [5.41, 5.74) is 4.42. The van der Waals surface area contributed by atoms with Gasteiger partial charge in [0.15, 0.2) is 0 Å². The first-order valence-corrected chi connectivity index (χ1v) is 6.84. The molecule has 0 bridgehead atoms. The minimum absolute atomic E-state index is 0.155. The van der Waals surface area contributed by atoms with Gasteiger partial charge in [-0.05, 0) is 31.0 Å². The van der Waals surface area contributed by atoms with Gasteiger partial charge >= 0.3 is 0 Å². The van der Waals surface area contributed by atoms with Crippen molar-refractivity contribution in [1.82, 2.24) is 4.57 Å². The summed E-state index contributed by atoms with van der Waals surface area (Å²) in [6, 6.07) is 13.4. The number of para-hydroxylation sites is 1. The molecule has 4 heteroatoms. The van der Waals surface area contributed by atoms with Crippen molar-refractivity contribution in [2.75, 3.05) is 0 Å². The number of hydrogen-bond acceptors (Lipinski definition) is 2. The largest absolute Gasteiger partial charge is 0.337 e. The van der Waals surface area contributed by atoms with E-state index >= 15 is 0 Å². The van der Waals surface area contributed by atoms with E-state index in [9.17, 15) is 10.1 Å². The maximum atomic E-state index is 11.2. The Balaban J connectivity index is 2.13. The van der Waals surface area contributed by atoms with Gasteiger partial charge < -0.3 is 4.57 Å². The molecule has 0 aliphatic carbocycles. The quantitative estimate of drug-likeness (QED) is 0.533. The molecule has 0 N–H and O–H groups in total. The molecule has 0 atom stereocenters. The van der Waals surface area contributed by atoms with Crippen LogP contribution in [0.15, 0.2) is 48.7 Å². The third-order valence-corrected chi connectivity index (χ3v) is 3.81. The maximum absolute atomic E-state index is 11.2. The minimum atomic E-state index is -0.318. The van der Waals surface area contributed by atoms with E-state index in [1.165, 1.54) is 16.7 Å². The van der Waals surface area contributed by atoms with Gasteiger partial charge in [0.05, 0.1) is 4.92 Å². The fourth-order valence-electron chi connectivity index (χ4n) is 2.67. The summed E-state index contributed by atoms with van der Waals surface area (Å²) >= 11 is 0. The molecule has 0 amide bonds. The van der Waals surface area contributed by atoms with Crippen LogP contribution in [0.4, 0.5) is 5.69 Å². The first kappa shape index (κ1) is 13.4. The minimum Gasteiger partial charge on any atom is -0.337 e. The molecule has 0 saturated heterocycles.